The quantitative estimate of drug-likeness (QED) is 0.178. The van der Waals surface area contributed by atoms with Crippen LogP contribution in [0.2, 0.25) is 0 Å². The number of fused-ring (bicyclic) bond motifs is 8. The third kappa shape index (κ3) is 4.58. The van der Waals surface area contributed by atoms with Gasteiger partial charge in [0.15, 0.2) is 0 Å². The zero-order valence-electron chi connectivity index (χ0n) is 26.5. The maximum Gasteiger partial charge on any atom is 0.0468 e. The second-order valence-corrected chi connectivity index (χ2v) is 14.5. The fourth-order valence-corrected chi connectivity index (χ4v) is 9.99. The fourth-order valence-electron chi connectivity index (χ4n) is 7.43. The lowest BCUT2D eigenvalue weighted by Gasteiger charge is -2.25. The maximum absolute atomic E-state index is 2.47. The van der Waals surface area contributed by atoms with Crippen LogP contribution in [0.15, 0.2) is 176 Å². The van der Waals surface area contributed by atoms with Crippen LogP contribution in [0.25, 0.3) is 73.4 Å². The molecule has 10 rings (SSSR count). The first kappa shape index (κ1) is 28.3. The number of hydrogen-bond donors (Lipinski definition) is 0. The number of anilines is 3. The zero-order valence-corrected chi connectivity index (χ0v) is 28.1. The first-order chi connectivity index (χ1) is 24.3. The van der Waals surface area contributed by atoms with Gasteiger partial charge < -0.3 is 4.90 Å². The van der Waals surface area contributed by atoms with E-state index in [1.165, 1.54) is 73.4 Å². The highest BCUT2D eigenvalue weighted by atomic mass is 32.1. The largest absolute Gasteiger partial charge is 0.310 e. The minimum Gasteiger partial charge on any atom is -0.310 e. The molecule has 3 heteroatoms. The molecule has 0 radical (unpaired) electrons. The Morgan fingerprint density at radius 1 is 0.306 bits per heavy atom. The summed E-state index contributed by atoms with van der Waals surface area (Å²) in [6, 6.07) is 64.1. The molecule has 0 saturated carbocycles. The molecule has 8 aromatic carbocycles. The van der Waals surface area contributed by atoms with E-state index in [4.69, 9.17) is 0 Å². The summed E-state index contributed by atoms with van der Waals surface area (Å²) >= 11 is 3.82. The monoisotopic (exact) mass is 659 g/mol. The molecule has 0 saturated heterocycles. The summed E-state index contributed by atoms with van der Waals surface area (Å²) in [5.41, 5.74) is 8.57. The zero-order chi connectivity index (χ0) is 32.3. The van der Waals surface area contributed by atoms with Gasteiger partial charge in [-0.25, -0.2) is 0 Å². The molecule has 0 N–H and O–H groups in total. The second kappa shape index (κ2) is 11.5. The summed E-state index contributed by atoms with van der Waals surface area (Å²) < 4.78 is 5.32. The first-order valence-corrected chi connectivity index (χ1v) is 18.2. The van der Waals surface area contributed by atoms with E-state index in [0.717, 1.165) is 17.1 Å². The summed E-state index contributed by atoms with van der Waals surface area (Å²) in [5.74, 6) is 0. The number of thiophene rings is 2. The van der Waals surface area contributed by atoms with Crippen LogP contribution in [0.5, 0.6) is 0 Å². The Morgan fingerprint density at radius 3 is 1.55 bits per heavy atom. The highest BCUT2D eigenvalue weighted by Gasteiger charge is 2.19. The van der Waals surface area contributed by atoms with E-state index in [9.17, 15) is 0 Å². The van der Waals surface area contributed by atoms with Crippen LogP contribution in [0, 0.1) is 0 Å². The predicted molar refractivity (Wildman–Crippen MR) is 215 cm³/mol. The molecule has 0 bridgehead atoms. The van der Waals surface area contributed by atoms with Gasteiger partial charge in [-0.3, -0.25) is 0 Å². The summed E-state index contributed by atoms with van der Waals surface area (Å²) in [6.07, 6.45) is 0. The predicted octanol–water partition coefficient (Wildman–Crippen LogP) is 14.4. The van der Waals surface area contributed by atoms with Crippen LogP contribution in [0.3, 0.4) is 0 Å². The van der Waals surface area contributed by atoms with Gasteiger partial charge in [0.05, 0.1) is 0 Å². The summed E-state index contributed by atoms with van der Waals surface area (Å²) in [4.78, 5) is 2.35. The smallest absolute Gasteiger partial charge is 0.0468 e. The summed E-state index contributed by atoms with van der Waals surface area (Å²) in [5, 5.41) is 7.84. The molecule has 0 unspecified atom stereocenters. The molecule has 0 fully saturated rings. The van der Waals surface area contributed by atoms with E-state index in [2.05, 4.69) is 181 Å². The van der Waals surface area contributed by atoms with Crippen molar-refractivity contribution in [3.05, 3.63) is 176 Å². The van der Waals surface area contributed by atoms with E-state index in [1.807, 2.05) is 22.7 Å². The number of hydrogen-bond acceptors (Lipinski definition) is 3. The van der Waals surface area contributed by atoms with E-state index >= 15 is 0 Å². The molecule has 1 nitrogen and oxygen atoms in total. The average Bonchev–Trinajstić information content (AvgIpc) is 3.74. The van der Waals surface area contributed by atoms with Crippen LogP contribution >= 0.6 is 22.7 Å². The Balaban J connectivity index is 1.23. The van der Waals surface area contributed by atoms with Crippen molar-refractivity contribution < 1.29 is 0 Å². The van der Waals surface area contributed by atoms with Crippen LogP contribution < -0.4 is 4.90 Å². The third-order valence-electron chi connectivity index (χ3n) is 9.65. The highest BCUT2D eigenvalue weighted by Crippen LogP contribution is 2.48. The van der Waals surface area contributed by atoms with Crippen molar-refractivity contribution in [1.29, 1.82) is 0 Å². The van der Waals surface area contributed by atoms with Gasteiger partial charge in [-0.05, 0) is 70.6 Å². The van der Waals surface area contributed by atoms with E-state index in [1.54, 1.807) is 0 Å². The second-order valence-electron chi connectivity index (χ2n) is 12.5. The van der Waals surface area contributed by atoms with Gasteiger partial charge >= 0.3 is 0 Å². The molecule has 2 aromatic heterocycles. The molecule has 0 spiro atoms. The molecule has 0 aliphatic rings. The molecule has 0 atom stereocenters. The van der Waals surface area contributed by atoms with Gasteiger partial charge in [0.2, 0.25) is 0 Å². The van der Waals surface area contributed by atoms with Gasteiger partial charge in [-0.15, -0.1) is 22.7 Å². The lowest BCUT2D eigenvalue weighted by molar-refractivity contribution is 1.29. The molecule has 2 heterocycles. The van der Waals surface area contributed by atoms with E-state index in [0.29, 0.717) is 0 Å². The molecule has 0 amide bonds. The van der Waals surface area contributed by atoms with Crippen molar-refractivity contribution in [2.75, 3.05) is 4.90 Å². The Hall–Kier alpha value is -5.74. The molecule has 230 valence electrons. The van der Waals surface area contributed by atoms with Crippen LogP contribution in [-0.4, -0.2) is 0 Å². The van der Waals surface area contributed by atoms with Crippen molar-refractivity contribution in [1.82, 2.24) is 0 Å². The minimum absolute atomic E-state index is 1.14. The number of benzene rings is 8. The highest BCUT2D eigenvalue weighted by molar-refractivity contribution is 7.27. The summed E-state index contributed by atoms with van der Waals surface area (Å²) in [7, 11) is 0. The van der Waals surface area contributed by atoms with Gasteiger partial charge in [-0.2, -0.15) is 0 Å². The Bertz CT molecular complexity index is 2770. The van der Waals surface area contributed by atoms with Crippen LogP contribution in [-0.2, 0) is 0 Å². The van der Waals surface area contributed by atoms with Crippen molar-refractivity contribution >= 4 is 90.9 Å². The Labute approximate surface area is 292 Å². The van der Waals surface area contributed by atoms with Crippen molar-refractivity contribution in [2.24, 2.45) is 0 Å². The fraction of sp³-hybridized carbons (Fsp3) is 0. The van der Waals surface area contributed by atoms with Crippen LogP contribution in [0.1, 0.15) is 0 Å². The number of rotatable bonds is 5. The van der Waals surface area contributed by atoms with Crippen molar-refractivity contribution in [3.63, 3.8) is 0 Å². The van der Waals surface area contributed by atoms with Crippen molar-refractivity contribution in [2.45, 2.75) is 0 Å². The molecule has 10 aromatic rings. The minimum atomic E-state index is 1.14. The van der Waals surface area contributed by atoms with Crippen molar-refractivity contribution in [3.8, 4) is 22.3 Å². The lowest BCUT2D eigenvalue weighted by atomic mass is 9.94. The average molecular weight is 660 g/mol. The topological polar surface area (TPSA) is 3.24 Å². The van der Waals surface area contributed by atoms with Gasteiger partial charge in [0, 0.05) is 68.4 Å². The van der Waals surface area contributed by atoms with Gasteiger partial charge in [-0.1, -0.05) is 127 Å². The van der Waals surface area contributed by atoms with Gasteiger partial charge in [0.1, 0.15) is 0 Å². The molecule has 0 aliphatic heterocycles. The molecule has 49 heavy (non-hydrogen) atoms. The van der Waals surface area contributed by atoms with E-state index in [-0.39, 0.29) is 0 Å². The first-order valence-electron chi connectivity index (χ1n) is 16.6. The van der Waals surface area contributed by atoms with E-state index < -0.39 is 0 Å². The number of para-hydroxylation sites is 2. The SMILES string of the molecule is c1ccc(-c2cccc3c2sc2c(-c4cc5c6cc(N(c7ccccc7)c7ccccc7)ccc6sc5c5ccccc45)cccc23)cc1. The third-order valence-corrected chi connectivity index (χ3v) is 12.2. The molecular weight excluding hydrogens is 631 g/mol. The Morgan fingerprint density at radius 2 is 0.857 bits per heavy atom. The Kier molecular flexibility index (Phi) is 6.61. The lowest BCUT2D eigenvalue weighted by Crippen LogP contribution is -2.09. The maximum atomic E-state index is 2.47. The standard InChI is InChI=1S/C46H29NS2/c1-4-14-30(15-5-1)34-22-12-23-37-38-24-13-25-39(45(38)49-44(34)37)40-29-42-41-28-33(26-27-43(41)48-46(42)36-21-11-10-20-35(36)40)47(31-16-6-2-7-17-31)32-18-8-3-9-19-32/h1-29H. The normalized spacial score (nSPS) is 11.7. The number of nitrogens with zero attached hydrogens (tertiary/aromatic N) is 1. The summed E-state index contributed by atoms with van der Waals surface area (Å²) in [6.45, 7) is 0. The molecule has 0 aliphatic carbocycles. The van der Waals surface area contributed by atoms with Gasteiger partial charge in [0.25, 0.3) is 0 Å². The molecular formula is C46H29NS2. The van der Waals surface area contributed by atoms with Crippen LogP contribution in [0.4, 0.5) is 17.1 Å².